The molecule has 2 atom stereocenters. The van der Waals surface area contributed by atoms with Crippen molar-refractivity contribution in [1.82, 2.24) is 9.80 Å². The molecule has 112 valence electrons. The Morgan fingerprint density at radius 1 is 1.21 bits per heavy atom. The molecule has 2 N–H and O–H groups in total. The van der Waals surface area contributed by atoms with E-state index in [0.717, 1.165) is 6.54 Å². The Labute approximate surface area is 119 Å². The zero-order valence-corrected chi connectivity index (χ0v) is 13.4. The molecule has 3 heteroatoms. The molecule has 0 bridgehead atoms. The summed E-state index contributed by atoms with van der Waals surface area (Å²) in [6.45, 7) is 11.6. The predicted molar refractivity (Wildman–Crippen MR) is 82.3 cm³/mol. The molecule has 1 saturated carbocycles. The molecule has 0 spiro atoms. The Bertz CT molecular complexity index is 302. The van der Waals surface area contributed by atoms with E-state index in [1.807, 2.05) is 0 Å². The quantitative estimate of drug-likeness (QED) is 0.852. The van der Waals surface area contributed by atoms with Crippen molar-refractivity contribution in [1.29, 1.82) is 0 Å². The number of likely N-dealkylation sites (N-methyl/N-ethyl adjacent to an activating group) is 1. The van der Waals surface area contributed by atoms with E-state index in [0.29, 0.717) is 11.5 Å². The van der Waals surface area contributed by atoms with E-state index in [4.69, 9.17) is 5.73 Å². The fourth-order valence-electron chi connectivity index (χ4n) is 4.35. The predicted octanol–water partition coefficient (Wildman–Crippen LogP) is 2.31. The molecule has 2 aliphatic rings. The number of rotatable bonds is 3. The van der Waals surface area contributed by atoms with E-state index in [1.54, 1.807) is 0 Å². The molecule has 1 aliphatic heterocycles. The van der Waals surface area contributed by atoms with Crippen LogP contribution in [0, 0.1) is 5.41 Å². The van der Waals surface area contributed by atoms with E-state index in [9.17, 15) is 0 Å². The van der Waals surface area contributed by atoms with E-state index in [-0.39, 0.29) is 5.54 Å². The van der Waals surface area contributed by atoms with Gasteiger partial charge in [-0.05, 0) is 38.1 Å². The van der Waals surface area contributed by atoms with Crippen LogP contribution in [0.3, 0.4) is 0 Å². The van der Waals surface area contributed by atoms with E-state index >= 15 is 0 Å². The van der Waals surface area contributed by atoms with Crippen LogP contribution in [0.5, 0.6) is 0 Å². The van der Waals surface area contributed by atoms with E-state index in [2.05, 4.69) is 37.6 Å². The molecule has 0 radical (unpaired) electrons. The second-order valence-corrected chi connectivity index (χ2v) is 7.61. The maximum absolute atomic E-state index is 6.26. The second kappa shape index (κ2) is 5.71. The first-order chi connectivity index (χ1) is 8.92. The molecule has 2 rings (SSSR count). The van der Waals surface area contributed by atoms with Crippen molar-refractivity contribution in [2.75, 3.05) is 33.2 Å². The monoisotopic (exact) mass is 267 g/mol. The molecule has 0 aromatic heterocycles. The minimum atomic E-state index is 0.274. The summed E-state index contributed by atoms with van der Waals surface area (Å²) < 4.78 is 0. The van der Waals surface area contributed by atoms with Crippen molar-refractivity contribution in [2.45, 2.75) is 64.5 Å². The lowest BCUT2D eigenvalue weighted by Crippen LogP contribution is -2.64. The molecular weight excluding hydrogens is 234 g/mol. The molecule has 1 saturated heterocycles. The van der Waals surface area contributed by atoms with Crippen molar-refractivity contribution < 1.29 is 0 Å². The van der Waals surface area contributed by atoms with Crippen molar-refractivity contribution >= 4 is 0 Å². The highest BCUT2D eigenvalue weighted by molar-refractivity contribution is 5.01. The van der Waals surface area contributed by atoms with Gasteiger partial charge in [0.15, 0.2) is 0 Å². The lowest BCUT2D eigenvalue weighted by Gasteiger charge is -2.54. The average molecular weight is 267 g/mol. The molecule has 0 aromatic rings. The molecule has 1 aliphatic carbocycles. The highest BCUT2D eigenvalue weighted by Gasteiger charge is 2.44. The Morgan fingerprint density at radius 2 is 1.95 bits per heavy atom. The zero-order chi connectivity index (χ0) is 14.1. The Morgan fingerprint density at radius 3 is 2.53 bits per heavy atom. The van der Waals surface area contributed by atoms with Crippen LogP contribution in [0.1, 0.15) is 52.9 Å². The fourth-order valence-corrected chi connectivity index (χ4v) is 4.35. The number of nitrogens with two attached hydrogens (primary N) is 1. The lowest BCUT2D eigenvalue weighted by molar-refractivity contribution is -0.0340. The van der Waals surface area contributed by atoms with Gasteiger partial charge in [-0.15, -0.1) is 0 Å². The topological polar surface area (TPSA) is 32.5 Å². The standard InChI is InChI=1S/C16H33N3/c1-5-14-11-19(10-9-18(14)4)16(13-17)8-6-7-15(2,3)12-16/h14H,5-13,17H2,1-4H3. The van der Waals surface area contributed by atoms with Crippen molar-refractivity contribution in [3.05, 3.63) is 0 Å². The van der Waals surface area contributed by atoms with Crippen LogP contribution in [0.25, 0.3) is 0 Å². The summed E-state index contributed by atoms with van der Waals surface area (Å²) in [5.74, 6) is 0. The average Bonchev–Trinajstić information content (AvgIpc) is 2.38. The number of hydrogen-bond donors (Lipinski definition) is 1. The Balaban J connectivity index is 2.12. The zero-order valence-electron chi connectivity index (χ0n) is 13.4. The van der Waals surface area contributed by atoms with Gasteiger partial charge in [-0.25, -0.2) is 0 Å². The van der Waals surface area contributed by atoms with Crippen LogP contribution >= 0.6 is 0 Å². The third-order valence-corrected chi connectivity index (χ3v) is 5.60. The third-order valence-electron chi connectivity index (χ3n) is 5.60. The van der Waals surface area contributed by atoms with Crippen LogP contribution in [-0.4, -0.2) is 54.6 Å². The fraction of sp³-hybridized carbons (Fsp3) is 1.00. The smallest absolute Gasteiger partial charge is 0.0338 e. The van der Waals surface area contributed by atoms with Crippen LogP contribution < -0.4 is 5.73 Å². The third kappa shape index (κ3) is 3.14. The SMILES string of the molecule is CCC1CN(C2(CN)CCCC(C)(C)C2)CCN1C. The molecule has 0 amide bonds. The molecule has 1 heterocycles. The molecular formula is C16H33N3. The Kier molecular flexibility index (Phi) is 4.59. The van der Waals surface area contributed by atoms with Crippen LogP contribution in [0.4, 0.5) is 0 Å². The van der Waals surface area contributed by atoms with Gasteiger partial charge in [0.1, 0.15) is 0 Å². The summed E-state index contributed by atoms with van der Waals surface area (Å²) in [6, 6.07) is 0.710. The summed E-state index contributed by atoms with van der Waals surface area (Å²) in [5.41, 5.74) is 6.99. The van der Waals surface area contributed by atoms with Gasteiger partial charge in [-0.1, -0.05) is 27.2 Å². The largest absolute Gasteiger partial charge is 0.329 e. The summed E-state index contributed by atoms with van der Waals surface area (Å²) in [5, 5.41) is 0. The summed E-state index contributed by atoms with van der Waals surface area (Å²) in [4.78, 5) is 5.26. The van der Waals surface area contributed by atoms with Crippen molar-refractivity contribution in [3.63, 3.8) is 0 Å². The number of piperazine rings is 1. The number of nitrogens with zero attached hydrogens (tertiary/aromatic N) is 2. The first kappa shape index (κ1) is 15.3. The summed E-state index contributed by atoms with van der Waals surface area (Å²) in [6.07, 6.45) is 6.52. The maximum atomic E-state index is 6.26. The van der Waals surface area contributed by atoms with Gasteiger partial charge in [0.25, 0.3) is 0 Å². The van der Waals surface area contributed by atoms with Gasteiger partial charge >= 0.3 is 0 Å². The lowest BCUT2D eigenvalue weighted by atomic mass is 9.67. The molecule has 2 fully saturated rings. The van der Waals surface area contributed by atoms with Crippen molar-refractivity contribution in [2.24, 2.45) is 11.1 Å². The highest BCUT2D eigenvalue weighted by Crippen LogP contribution is 2.44. The van der Waals surface area contributed by atoms with Gasteiger partial charge in [0, 0.05) is 37.8 Å². The molecule has 3 nitrogen and oxygen atoms in total. The molecule has 2 unspecified atom stereocenters. The minimum Gasteiger partial charge on any atom is -0.329 e. The van der Waals surface area contributed by atoms with Crippen LogP contribution in [0.15, 0.2) is 0 Å². The van der Waals surface area contributed by atoms with Crippen molar-refractivity contribution in [3.8, 4) is 0 Å². The van der Waals surface area contributed by atoms with Gasteiger partial charge in [0.2, 0.25) is 0 Å². The molecule has 0 aromatic carbocycles. The maximum Gasteiger partial charge on any atom is 0.0338 e. The number of hydrogen-bond acceptors (Lipinski definition) is 3. The summed E-state index contributed by atoms with van der Waals surface area (Å²) in [7, 11) is 2.27. The van der Waals surface area contributed by atoms with Gasteiger partial charge in [-0.3, -0.25) is 4.90 Å². The Hall–Kier alpha value is -0.120. The van der Waals surface area contributed by atoms with E-state index < -0.39 is 0 Å². The minimum absolute atomic E-state index is 0.274. The highest BCUT2D eigenvalue weighted by atomic mass is 15.3. The summed E-state index contributed by atoms with van der Waals surface area (Å²) >= 11 is 0. The van der Waals surface area contributed by atoms with Gasteiger partial charge < -0.3 is 10.6 Å². The van der Waals surface area contributed by atoms with Gasteiger partial charge in [-0.2, -0.15) is 0 Å². The van der Waals surface area contributed by atoms with Gasteiger partial charge in [0.05, 0.1) is 0 Å². The molecule has 19 heavy (non-hydrogen) atoms. The van der Waals surface area contributed by atoms with E-state index in [1.165, 1.54) is 51.7 Å². The first-order valence-electron chi connectivity index (χ1n) is 8.08. The van der Waals surface area contributed by atoms with Crippen LogP contribution in [-0.2, 0) is 0 Å². The van der Waals surface area contributed by atoms with Crippen LogP contribution in [0.2, 0.25) is 0 Å². The normalized spacial score (nSPS) is 37.4. The second-order valence-electron chi connectivity index (χ2n) is 7.61. The first-order valence-corrected chi connectivity index (χ1v) is 8.08.